The molecule has 1 saturated heterocycles. The summed E-state index contributed by atoms with van der Waals surface area (Å²) in [7, 11) is 0. The van der Waals surface area contributed by atoms with E-state index in [1.165, 1.54) is 10.8 Å². The number of nitrogens with one attached hydrogen (secondary N) is 2. The van der Waals surface area contributed by atoms with Crippen LogP contribution in [-0.4, -0.2) is 34.8 Å². The van der Waals surface area contributed by atoms with E-state index in [4.69, 9.17) is 4.74 Å². The average molecular weight is 531 g/mol. The predicted molar refractivity (Wildman–Crippen MR) is 128 cm³/mol. The van der Waals surface area contributed by atoms with Crippen molar-refractivity contribution in [2.75, 3.05) is 11.9 Å². The van der Waals surface area contributed by atoms with Gasteiger partial charge in [-0.3, -0.25) is 5.32 Å². The second-order valence-electron chi connectivity index (χ2n) is 7.48. The van der Waals surface area contributed by atoms with Gasteiger partial charge in [0.25, 0.3) is 0 Å². The van der Waals surface area contributed by atoms with Crippen molar-refractivity contribution in [1.82, 2.24) is 9.88 Å². The maximum atomic E-state index is 10.7. The number of fused-ring (bicyclic) bond motifs is 3. The molecule has 4 aromatic rings. The van der Waals surface area contributed by atoms with Gasteiger partial charge in [0.2, 0.25) is 0 Å². The van der Waals surface area contributed by atoms with Crippen LogP contribution in [0.25, 0.3) is 21.8 Å². The Bertz CT molecular complexity index is 1140. The molecule has 1 aliphatic rings. The lowest BCUT2D eigenvalue weighted by molar-refractivity contribution is 0.148. The molecule has 3 aromatic carbocycles. The third-order valence-corrected chi connectivity index (χ3v) is 6.30. The highest BCUT2D eigenvalue weighted by atomic mass is 79.9. The lowest BCUT2D eigenvalue weighted by atomic mass is 10.2. The van der Waals surface area contributed by atoms with Crippen molar-refractivity contribution in [2.24, 2.45) is 0 Å². The minimum atomic E-state index is -0.544. The lowest BCUT2D eigenvalue weighted by Gasteiger charge is -2.14. The molecule has 0 aliphatic carbocycles. The number of nitrogens with zero attached hydrogens (tertiary/aromatic N) is 1. The molecule has 30 heavy (non-hydrogen) atoms. The van der Waals surface area contributed by atoms with Crippen LogP contribution in [0, 0.1) is 0 Å². The fraction of sp³-hybridized carbons (Fsp3) is 0.217. The Morgan fingerprint density at radius 3 is 2.17 bits per heavy atom. The minimum Gasteiger partial charge on any atom is -0.390 e. The molecule has 0 saturated carbocycles. The number of ether oxygens (including phenoxy) is 1. The largest absolute Gasteiger partial charge is 0.390 e. The molecule has 7 heteroatoms. The van der Waals surface area contributed by atoms with Gasteiger partial charge in [-0.05, 0) is 48.5 Å². The van der Waals surface area contributed by atoms with E-state index in [0.717, 1.165) is 25.7 Å². The number of rotatable bonds is 7. The van der Waals surface area contributed by atoms with Crippen LogP contribution >= 0.6 is 31.9 Å². The maximum Gasteiger partial charge on any atom is 0.170 e. The molecule has 0 spiro atoms. The molecule has 0 amide bonds. The Labute approximate surface area is 191 Å². The number of aliphatic hydroxyl groups excluding tert-OH is 1. The van der Waals surface area contributed by atoms with Gasteiger partial charge in [0.05, 0.1) is 12.6 Å². The standard InChI is InChI=1S/C23H21Br2N3O2/c24-14-6-8-20-18(10-14)19-11-15(25)7-9-21(19)28(20)13-17(29)12-26-22-23(30-22)27-16-4-2-1-3-5-16/h1-11,17,22-23,26-27,29H,12-13H2. The molecular formula is C23H21Br2N3O2. The molecule has 3 atom stereocenters. The molecule has 1 aliphatic heterocycles. The number of para-hydroxylation sites is 1. The van der Waals surface area contributed by atoms with Gasteiger partial charge in [0.15, 0.2) is 12.5 Å². The number of halogens is 2. The van der Waals surface area contributed by atoms with E-state index in [-0.39, 0.29) is 12.5 Å². The number of benzene rings is 3. The van der Waals surface area contributed by atoms with Crippen LogP contribution in [0.1, 0.15) is 0 Å². The second-order valence-corrected chi connectivity index (χ2v) is 9.31. The highest BCUT2D eigenvalue weighted by molar-refractivity contribution is 9.10. The summed E-state index contributed by atoms with van der Waals surface area (Å²) >= 11 is 7.15. The molecule has 0 bridgehead atoms. The summed E-state index contributed by atoms with van der Waals surface area (Å²) in [6.45, 7) is 0.950. The molecule has 5 nitrogen and oxygen atoms in total. The third kappa shape index (κ3) is 4.13. The molecular weight excluding hydrogens is 510 g/mol. The van der Waals surface area contributed by atoms with Gasteiger partial charge in [-0.1, -0.05) is 50.1 Å². The van der Waals surface area contributed by atoms with E-state index in [2.05, 4.69) is 71.3 Å². The first-order chi connectivity index (χ1) is 14.6. The zero-order chi connectivity index (χ0) is 20.7. The SMILES string of the molecule is OC(CNC1OC1Nc1ccccc1)Cn1c2ccc(Br)cc2c2cc(Br)ccc21. The number of aliphatic hydroxyl groups is 1. The smallest absolute Gasteiger partial charge is 0.170 e. The molecule has 3 N–H and O–H groups in total. The van der Waals surface area contributed by atoms with E-state index < -0.39 is 6.10 Å². The number of hydrogen-bond donors (Lipinski definition) is 3. The average Bonchev–Trinajstić information content (AvgIpc) is 3.42. The Balaban J connectivity index is 1.27. The minimum absolute atomic E-state index is 0.0671. The normalized spacial score (nSPS) is 19.3. The van der Waals surface area contributed by atoms with Crippen LogP contribution in [0.5, 0.6) is 0 Å². The van der Waals surface area contributed by atoms with Gasteiger partial charge < -0.3 is 19.7 Å². The maximum absolute atomic E-state index is 10.7. The van der Waals surface area contributed by atoms with Crippen LogP contribution < -0.4 is 10.6 Å². The molecule has 3 unspecified atom stereocenters. The van der Waals surface area contributed by atoms with Gasteiger partial charge in [-0.15, -0.1) is 0 Å². The quantitative estimate of drug-likeness (QED) is 0.292. The summed E-state index contributed by atoms with van der Waals surface area (Å²) in [5, 5.41) is 19.7. The fourth-order valence-electron chi connectivity index (χ4n) is 3.85. The van der Waals surface area contributed by atoms with Crippen LogP contribution in [0.2, 0.25) is 0 Å². The van der Waals surface area contributed by atoms with Gasteiger partial charge in [-0.2, -0.15) is 0 Å². The summed E-state index contributed by atoms with van der Waals surface area (Å²) in [6, 6.07) is 22.5. The number of anilines is 1. The summed E-state index contributed by atoms with van der Waals surface area (Å²) in [5.41, 5.74) is 3.24. The van der Waals surface area contributed by atoms with E-state index in [1.54, 1.807) is 0 Å². The van der Waals surface area contributed by atoms with Gasteiger partial charge in [-0.25, -0.2) is 0 Å². The number of epoxide rings is 1. The lowest BCUT2D eigenvalue weighted by Crippen LogP contribution is -2.33. The van der Waals surface area contributed by atoms with E-state index >= 15 is 0 Å². The van der Waals surface area contributed by atoms with Crippen molar-refractivity contribution in [1.29, 1.82) is 0 Å². The van der Waals surface area contributed by atoms with Crippen molar-refractivity contribution >= 4 is 59.4 Å². The van der Waals surface area contributed by atoms with Crippen molar-refractivity contribution in [2.45, 2.75) is 25.1 Å². The topological polar surface area (TPSA) is 61.8 Å². The monoisotopic (exact) mass is 529 g/mol. The number of hydrogen-bond acceptors (Lipinski definition) is 4. The Kier molecular flexibility index (Phi) is 5.56. The highest BCUT2D eigenvalue weighted by Crippen LogP contribution is 2.33. The van der Waals surface area contributed by atoms with Gasteiger partial charge in [0, 0.05) is 43.0 Å². The second kappa shape index (κ2) is 8.32. The predicted octanol–water partition coefficient (Wildman–Crippen LogP) is 5.06. The van der Waals surface area contributed by atoms with Crippen LogP contribution in [0.3, 0.4) is 0 Å². The molecule has 1 aromatic heterocycles. The van der Waals surface area contributed by atoms with Crippen molar-refractivity contribution in [3.8, 4) is 0 Å². The molecule has 5 rings (SSSR count). The number of aromatic nitrogens is 1. The summed E-state index contributed by atoms with van der Waals surface area (Å²) in [6.07, 6.45) is -0.704. The first-order valence-electron chi connectivity index (χ1n) is 9.84. The van der Waals surface area contributed by atoms with E-state index in [1.807, 2.05) is 42.5 Å². The van der Waals surface area contributed by atoms with Crippen molar-refractivity contribution < 1.29 is 9.84 Å². The Morgan fingerprint density at radius 1 is 0.900 bits per heavy atom. The molecule has 0 radical (unpaired) electrons. The third-order valence-electron chi connectivity index (χ3n) is 5.31. The van der Waals surface area contributed by atoms with Gasteiger partial charge in [0.1, 0.15) is 0 Å². The van der Waals surface area contributed by atoms with Crippen molar-refractivity contribution in [3.63, 3.8) is 0 Å². The summed E-state index contributed by atoms with van der Waals surface area (Å²) in [5.74, 6) is 0. The van der Waals surface area contributed by atoms with Crippen LogP contribution in [0.15, 0.2) is 75.7 Å². The molecule has 2 heterocycles. The van der Waals surface area contributed by atoms with Crippen LogP contribution in [-0.2, 0) is 11.3 Å². The summed E-state index contributed by atoms with van der Waals surface area (Å²) in [4.78, 5) is 0. The zero-order valence-corrected chi connectivity index (χ0v) is 19.2. The van der Waals surface area contributed by atoms with E-state index in [0.29, 0.717) is 13.1 Å². The fourth-order valence-corrected chi connectivity index (χ4v) is 4.57. The van der Waals surface area contributed by atoms with Gasteiger partial charge >= 0.3 is 0 Å². The Morgan fingerprint density at radius 2 is 1.53 bits per heavy atom. The zero-order valence-electron chi connectivity index (χ0n) is 16.1. The molecule has 1 fully saturated rings. The van der Waals surface area contributed by atoms with Crippen LogP contribution in [0.4, 0.5) is 5.69 Å². The summed E-state index contributed by atoms with van der Waals surface area (Å²) < 4.78 is 9.89. The first kappa shape index (κ1) is 20.0. The van der Waals surface area contributed by atoms with E-state index in [9.17, 15) is 5.11 Å². The van der Waals surface area contributed by atoms with Crippen molar-refractivity contribution in [3.05, 3.63) is 75.7 Å². The highest BCUT2D eigenvalue weighted by Gasteiger charge is 2.38. The molecule has 154 valence electrons. The first-order valence-corrected chi connectivity index (χ1v) is 11.4. The Hall–Kier alpha value is -1.90.